The molecule has 1 aromatic rings. The largest absolute Gasteiger partial charge is 0.469 e. The molecule has 0 aliphatic heterocycles. The predicted molar refractivity (Wildman–Crippen MR) is 66.8 cm³/mol. The first-order valence-electron chi connectivity index (χ1n) is 5.89. The van der Waals surface area contributed by atoms with Crippen molar-refractivity contribution in [2.24, 2.45) is 0 Å². The van der Waals surface area contributed by atoms with Crippen LogP contribution in [0.3, 0.4) is 0 Å². The van der Waals surface area contributed by atoms with Crippen molar-refractivity contribution >= 4 is 5.97 Å². The van der Waals surface area contributed by atoms with Gasteiger partial charge >= 0.3 is 5.97 Å². The minimum Gasteiger partial charge on any atom is -0.469 e. The Labute approximate surface area is 103 Å². The molecule has 3 nitrogen and oxygen atoms in total. The Hall–Kier alpha value is -1.35. The Bertz CT molecular complexity index is 343. The summed E-state index contributed by atoms with van der Waals surface area (Å²) in [6.45, 7) is 2.14. The SMILES string of the molecule is CCC[C@@H](OC)c1ccc(CC(=O)OC)cc1. The van der Waals surface area contributed by atoms with E-state index in [1.54, 1.807) is 7.11 Å². The maximum atomic E-state index is 11.1. The minimum atomic E-state index is -0.213. The van der Waals surface area contributed by atoms with Crippen LogP contribution in [0.15, 0.2) is 24.3 Å². The molecule has 1 atom stereocenters. The van der Waals surface area contributed by atoms with Crippen LogP contribution in [-0.2, 0) is 20.7 Å². The Morgan fingerprint density at radius 2 is 1.88 bits per heavy atom. The molecule has 0 N–H and O–H groups in total. The average Bonchev–Trinajstić information content (AvgIpc) is 2.37. The standard InChI is InChI=1S/C14H20O3/c1-4-5-13(16-2)12-8-6-11(7-9-12)10-14(15)17-3/h6-9,13H,4-5,10H2,1-3H3/t13-/m1/s1. The summed E-state index contributed by atoms with van der Waals surface area (Å²) in [6.07, 6.45) is 2.56. The highest BCUT2D eigenvalue weighted by Crippen LogP contribution is 2.22. The van der Waals surface area contributed by atoms with Crippen molar-refractivity contribution in [3.05, 3.63) is 35.4 Å². The fraction of sp³-hybridized carbons (Fsp3) is 0.500. The summed E-state index contributed by atoms with van der Waals surface area (Å²) in [5, 5.41) is 0. The molecular weight excluding hydrogens is 216 g/mol. The number of hydrogen-bond acceptors (Lipinski definition) is 3. The molecule has 1 rings (SSSR count). The summed E-state index contributed by atoms with van der Waals surface area (Å²) in [7, 11) is 3.13. The Balaban J connectivity index is 2.69. The molecule has 0 aliphatic carbocycles. The molecule has 0 bridgehead atoms. The van der Waals surface area contributed by atoms with Gasteiger partial charge in [-0.3, -0.25) is 4.79 Å². The summed E-state index contributed by atoms with van der Waals surface area (Å²) in [5.74, 6) is -0.213. The van der Waals surface area contributed by atoms with E-state index in [1.807, 2.05) is 24.3 Å². The van der Waals surface area contributed by atoms with Gasteiger partial charge in [-0.1, -0.05) is 37.6 Å². The third-order valence-corrected chi connectivity index (χ3v) is 2.76. The van der Waals surface area contributed by atoms with E-state index in [9.17, 15) is 4.79 Å². The van der Waals surface area contributed by atoms with Crippen LogP contribution < -0.4 is 0 Å². The number of hydrogen-bond donors (Lipinski definition) is 0. The molecule has 94 valence electrons. The van der Waals surface area contributed by atoms with Crippen LogP contribution >= 0.6 is 0 Å². The molecule has 17 heavy (non-hydrogen) atoms. The summed E-state index contributed by atoms with van der Waals surface area (Å²) >= 11 is 0. The fourth-order valence-corrected chi connectivity index (χ4v) is 1.77. The van der Waals surface area contributed by atoms with Crippen molar-refractivity contribution in [3.63, 3.8) is 0 Å². The number of rotatable bonds is 6. The van der Waals surface area contributed by atoms with E-state index in [0.29, 0.717) is 6.42 Å². The van der Waals surface area contributed by atoms with Gasteiger partial charge in [-0.25, -0.2) is 0 Å². The molecule has 1 aromatic carbocycles. The van der Waals surface area contributed by atoms with E-state index in [1.165, 1.54) is 7.11 Å². The zero-order chi connectivity index (χ0) is 12.7. The van der Waals surface area contributed by atoms with Gasteiger partial charge in [0.1, 0.15) is 0 Å². The molecule has 0 fully saturated rings. The maximum absolute atomic E-state index is 11.1. The summed E-state index contributed by atoms with van der Waals surface area (Å²) in [5.41, 5.74) is 2.12. The van der Waals surface area contributed by atoms with Crippen molar-refractivity contribution in [2.45, 2.75) is 32.3 Å². The monoisotopic (exact) mass is 236 g/mol. The highest BCUT2D eigenvalue weighted by molar-refractivity contribution is 5.72. The van der Waals surface area contributed by atoms with Crippen molar-refractivity contribution in [1.82, 2.24) is 0 Å². The van der Waals surface area contributed by atoms with Crippen LogP contribution in [0.2, 0.25) is 0 Å². The molecule has 0 aromatic heterocycles. The van der Waals surface area contributed by atoms with Crippen LogP contribution in [-0.4, -0.2) is 20.2 Å². The lowest BCUT2D eigenvalue weighted by Gasteiger charge is -2.15. The molecule has 3 heteroatoms. The zero-order valence-corrected chi connectivity index (χ0v) is 10.7. The minimum absolute atomic E-state index is 0.146. The first kappa shape index (κ1) is 13.7. The van der Waals surface area contributed by atoms with Crippen LogP contribution in [0.5, 0.6) is 0 Å². The van der Waals surface area contributed by atoms with Gasteiger partial charge in [0.2, 0.25) is 0 Å². The second kappa shape index (κ2) is 7.07. The molecule has 0 amide bonds. The van der Waals surface area contributed by atoms with Crippen LogP contribution in [0.1, 0.15) is 37.0 Å². The number of carbonyl (C=O) groups excluding carboxylic acids is 1. The maximum Gasteiger partial charge on any atom is 0.309 e. The van der Waals surface area contributed by atoms with Crippen molar-refractivity contribution in [1.29, 1.82) is 0 Å². The lowest BCUT2D eigenvalue weighted by atomic mass is 10.0. The van der Waals surface area contributed by atoms with E-state index in [-0.39, 0.29) is 12.1 Å². The molecule has 0 saturated carbocycles. The smallest absolute Gasteiger partial charge is 0.309 e. The van der Waals surface area contributed by atoms with Gasteiger partial charge < -0.3 is 9.47 Å². The topological polar surface area (TPSA) is 35.5 Å². The van der Waals surface area contributed by atoms with Gasteiger partial charge in [0.15, 0.2) is 0 Å². The summed E-state index contributed by atoms with van der Waals surface area (Å²) < 4.78 is 10.1. The van der Waals surface area contributed by atoms with E-state index in [2.05, 4.69) is 11.7 Å². The van der Waals surface area contributed by atoms with Crippen molar-refractivity contribution in [3.8, 4) is 0 Å². The van der Waals surface area contributed by atoms with Crippen molar-refractivity contribution in [2.75, 3.05) is 14.2 Å². The van der Waals surface area contributed by atoms with Gasteiger partial charge in [0, 0.05) is 7.11 Å². The van der Waals surface area contributed by atoms with Gasteiger partial charge in [0.25, 0.3) is 0 Å². The number of methoxy groups -OCH3 is 2. The molecule has 0 aliphatic rings. The lowest BCUT2D eigenvalue weighted by molar-refractivity contribution is -0.139. The summed E-state index contributed by atoms with van der Waals surface area (Å²) in [6, 6.07) is 7.94. The third-order valence-electron chi connectivity index (χ3n) is 2.76. The van der Waals surface area contributed by atoms with Gasteiger partial charge in [-0.15, -0.1) is 0 Å². The van der Waals surface area contributed by atoms with E-state index >= 15 is 0 Å². The van der Waals surface area contributed by atoms with Crippen LogP contribution in [0.4, 0.5) is 0 Å². The first-order chi connectivity index (χ1) is 8.21. The zero-order valence-electron chi connectivity index (χ0n) is 10.7. The van der Waals surface area contributed by atoms with Crippen LogP contribution in [0.25, 0.3) is 0 Å². The summed E-state index contributed by atoms with van der Waals surface area (Å²) in [4.78, 5) is 11.1. The fourth-order valence-electron chi connectivity index (χ4n) is 1.77. The second-order valence-electron chi connectivity index (χ2n) is 4.01. The average molecular weight is 236 g/mol. The molecule has 0 saturated heterocycles. The van der Waals surface area contributed by atoms with Gasteiger partial charge in [-0.05, 0) is 17.5 Å². The number of esters is 1. The molecule has 0 spiro atoms. The third kappa shape index (κ3) is 4.19. The Morgan fingerprint density at radius 3 is 2.35 bits per heavy atom. The molecule has 0 radical (unpaired) electrons. The molecule has 0 unspecified atom stereocenters. The van der Waals surface area contributed by atoms with E-state index in [0.717, 1.165) is 24.0 Å². The predicted octanol–water partition coefficient (Wildman–Crippen LogP) is 2.89. The van der Waals surface area contributed by atoms with E-state index in [4.69, 9.17) is 4.74 Å². The Morgan fingerprint density at radius 1 is 1.24 bits per heavy atom. The van der Waals surface area contributed by atoms with Crippen LogP contribution in [0, 0.1) is 0 Å². The molecular formula is C14H20O3. The Kier molecular flexibility index (Phi) is 5.70. The quantitative estimate of drug-likeness (QED) is 0.712. The highest BCUT2D eigenvalue weighted by Gasteiger charge is 2.09. The number of carbonyl (C=O) groups is 1. The molecule has 0 heterocycles. The normalized spacial score (nSPS) is 12.2. The van der Waals surface area contributed by atoms with Gasteiger partial charge in [0.05, 0.1) is 19.6 Å². The highest BCUT2D eigenvalue weighted by atomic mass is 16.5. The second-order valence-corrected chi connectivity index (χ2v) is 4.01. The van der Waals surface area contributed by atoms with Crippen molar-refractivity contribution < 1.29 is 14.3 Å². The first-order valence-corrected chi connectivity index (χ1v) is 5.89. The van der Waals surface area contributed by atoms with E-state index < -0.39 is 0 Å². The van der Waals surface area contributed by atoms with Gasteiger partial charge in [-0.2, -0.15) is 0 Å². The lowest BCUT2D eigenvalue weighted by Crippen LogP contribution is -2.05. The number of benzene rings is 1. The number of ether oxygens (including phenoxy) is 2.